The van der Waals surface area contributed by atoms with Gasteiger partial charge in [0.15, 0.2) is 0 Å². The van der Waals surface area contributed by atoms with Gasteiger partial charge >= 0.3 is 0 Å². The van der Waals surface area contributed by atoms with Crippen LogP contribution in [0.1, 0.15) is 6.92 Å². The second kappa shape index (κ2) is 7.26. The molecule has 0 fully saturated rings. The van der Waals surface area contributed by atoms with E-state index >= 15 is 0 Å². The van der Waals surface area contributed by atoms with Crippen LogP contribution in [-0.2, 0) is 6.54 Å². The minimum Gasteiger partial charge on any atom is -0.494 e. The Bertz CT molecular complexity index is 694. The molecule has 1 aromatic heterocycles. The lowest BCUT2D eigenvalue weighted by Gasteiger charge is -2.09. The first-order valence-corrected chi connectivity index (χ1v) is 6.80. The van der Waals surface area contributed by atoms with Gasteiger partial charge in [0.25, 0.3) is 11.2 Å². The highest BCUT2D eigenvalue weighted by atomic mass is 16.6. The second-order valence-corrected chi connectivity index (χ2v) is 4.43. The lowest BCUT2D eigenvalue weighted by atomic mass is 10.3. The third kappa shape index (κ3) is 4.08. The Labute approximate surface area is 126 Å². The van der Waals surface area contributed by atoms with Gasteiger partial charge in [0.1, 0.15) is 18.1 Å². The summed E-state index contributed by atoms with van der Waals surface area (Å²) in [5.74, 6) is 1.40. The van der Waals surface area contributed by atoms with Crippen LogP contribution in [0.2, 0.25) is 0 Å². The molecule has 0 N–H and O–H groups in total. The number of rotatable bonds is 7. The second-order valence-electron chi connectivity index (χ2n) is 4.43. The summed E-state index contributed by atoms with van der Waals surface area (Å²) in [5, 5.41) is 10.7. The summed E-state index contributed by atoms with van der Waals surface area (Å²) in [7, 11) is 0. The molecule has 0 amide bonds. The number of aromatic nitrogens is 1. The van der Waals surface area contributed by atoms with Crippen molar-refractivity contribution in [1.82, 2.24) is 4.57 Å². The van der Waals surface area contributed by atoms with Crippen LogP contribution < -0.4 is 15.0 Å². The Hall–Kier alpha value is -2.83. The van der Waals surface area contributed by atoms with Crippen LogP contribution in [0.4, 0.5) is 5.69 Å². The normalized spacial score (nSPS) is 10.2. The summed E-state index contributed by atoms with van der Waals surface area (Å²) in [6, 6.07) is 9.47. The molecule has 0 unspecified atom stereocenters. The smallest absolute Gasteiger partial charge is 0.285 e. The zero-order valence-electron chi connectivity index (χ0n) is 12.1. The Balaban J connectivity index is 1.94. The summed E-state index contributed by atoms with van der Waals surface area (Å²) in [5.41, 5.74) is -0.429. The van der Waals surface area contributed by atoms with Gasteiger partial charge in [-0.15, -0.1) is 0 Å². The molecule has 2 rings (SSSR count). The maximum absolute atomic E-state index is 11.6. The van der Waals surface area contributed by atoms with Crippen LogP contribution in [0, 0.1) is 10.1 Å². The van der Waals surface area contributed by atoms with E-state index in [0.717, 1.165) is 5.75 Å². The molecule has 1 heterocycles. The molecule has 0 radical (unpaired) electrons. The predicted octanol–water partition coefficient (Wildman–Crippen LogP) is 2.23. The highest BCUT2D eigenvalue weighted by Gasteiger charge is 2.07. The molecule has 0 bridgehead atoms. The van der Waals surface area contributed by atoms with Gasteiger partial charge in [0, 0.05) is 12.1 Å². The van der Waals surface area contributed by atoms with Crippen LogP contribution in [-0.4, -0.2) is 22.7 Å². The van der Waals surface area contributed by atoms with E-state index in [1.807, 2.05) is 6.92 Å². The number of nitro groups is 1. The molecule has 0 aliphatic carbocycles. The topological polar surface area (TPSA) is 83.6 Å². The Kier molecular flexibility index (Phi) is 5.13. The van der Waals surface area contributed by atoms with E-state index in [0.29, 0.717) is 12.4 Å². The largest absolute Gasteiger partial charge is 0.494 e. The predicted molar refractivity (Wildman–Crippen MR) is 80.5 cm³/mol. The van der Waals surface area contributed by atoms with Crippen molar-refractivity contribution < 1.29 is 14.4 Å². The Morgan fingerprint density at radius 1 is 1.09 bits per heavy atom. The molecule has 0 saturated carbocycles. The first-order chi connectivity index (χ1) is 10.6. The molecule has 0 spiro atoms. The monoisotopic (exact) mass is 304 g/mol. The van der Waals surface area contributed by atoms with Crippen molar-refractivity contribution in [2.45, 2.75) is 13.5 Å². The minimum absolute atomic E-state index is 0.124. The van der Waals surface area contributed by atoms with Crippen LogP contribution in [0.25, 0.3) is 0 Å². The van der Waals surface area contributed by atoms with Crippen molar-refractivity contribution in [2.75, 3.05) is 13.2 Å². The molecule has 116 valence electrons. The number of ether oxygens (including phenoxy) is 2. The summed E-state index contributed by atoms with van der Waals surface area (Å²) in [6.45, 7) is 2.96. The number of benzene rings is 1. The fraction of sp³-hybridized carbons (Fsp3) is 0.267. The number of nitrogens with zero attached hydrogens (tertiary/aromatic N) is 2. The molecule has 0 saturated heterocycles. The zero-order chi connectivity index (χ0) is 15.9. The Morgan fingerprint density at radius 2 is 1.73 bits per heavy atom. The van der Waals surface area contributed by atoms with E-state index in [4.69, 9.17) is 9.47 Å². The highest BCUT2D eigenvalue weighted by Crippen LogP contribution is 2.17. The maximum Gasteiger partial charge on any atom is 0.285 e. The summed E-state index contributed by atoms with van der Waals surface area (Å²) in [4.78, 5) is 21.8. The maximum atomic E-state index is 11.6. The van der Waals surface area contributed by atoms with Crippen molar-refractivity contribution in [3.05, 3.63) is 63.1 Å². The fourth-order valence-electron chi connectivity index (χ4n) is 1.86. The number of hydrogen-bond donors (Lipinski definition) is 0. The third-order valence-electron chi connectivity index (χ3n) is 2.91. The number of hydrogen-bond acceptors (Lipinski definition) is 5. The van der Waals surface area contributed by atoms with E-state index in [1.165, 1.54) is 22.9 Å². The SMILES string of the molecule is CCOc1ccc(OCCn2cc([N+](=O)[O-])ccc2=O)cc1. The van der Waals surface area contributed by atoms with Gasteiger partial charge in [-0.05, 0) is 31.2 Å². The fourth-order valence-corrected chi connectivity index (χ4v) is 1.86. The Morgan fingerprint density at radius 3 is 2.32 bits per heavy atom. The van der Waals surface area contributed by atoms with E-state index in [-0.39, 0.29) is 24.4 Å². The quantitative estimate of drug-likeness (QED) is 0.578. The first kappa shape index (κ1) is 15.6. The molecule has 1 aromatic carbocycles. The van der Waals surface area contributed by atoms with Gasteiger partial charge in [-0.1, -0.05) is 0 Å². The van der Waals surface area contributed by atoms with Crippen LogP contribution >= 0.6 is 0 Å². The highest BCUT2D eigenvalue weighted by molar-refractivity contribution is 5.31. The van der Waals surface area contributed by atoms with Gasteiger partial charge in [0.2, 0.25) is 0 Å². The lowest BCUT2D eigenvalue weighted by molar-refractivity contribution is -0.385. The molecule has 0 aliphatic rings. The van der Waals surface area contributed by atoms with E-state index in [9.17, 15) is 14.9 Å². The van der Waals surface area contributed by atoms with Crippen molar-refractivity contribution in [3.63, 3.8) is 0 Å². The van der Waals surface area contributed by atoms with Gasteiger partial charge in [-0.25, -0.2) is 0 Å². The van der Waals surface area contributed by atoms with Gasteiger partial charge in [0.05, 0.1) is 24.3 Å². The van der Waals surface area contributed by atoms with E-state index in [1.54, 1.807) is 24.3 Å². The van der Waals surface area contributed by atoms with Crippen molar-refractivity contribution in [3.8, 4) is 11.5 Å². The van der Waals surface area contributed by atoms with Gasteiger partial charge in [-0.3, -0.25) is 14.9 Å². The van der Waals surface area contributed by atoms with E-state index in [2.05, 4.69) is 0 Å². The summed E-state index contributed by atoms with van der Waals surface area (Å²) < 4.78 is 12.1. The molecule has 2 aromatic rings. The number of pyridine rings is 1. The van der Waals surface area contributed by atoms with Crippen LogP contribution in [0.15, 0.2) is 47.4 Å². The van der Waals surface area contributed by atoms with Crippen molar-refractivity contribution in [2.24, 2.45) is 0 Å². The molecular formula is C15H16N2O5. The van der Waals surface area contributed by atoms with Crippen LogP contribution in [0.5, 0.6) is 11.5 Å². The zero-order valence-corrected chi connectivity index (χ0v) is 12.1. The summed E-state index contributed by atoms with van der Waals surface area (Å²) in [6.07, 6.45) is 1.21. The van der Waals surface area contributed by atoms with Crippen molar-refractivity contribution in [1.29, 1.82) is 0 Å². The average molecular weight is 304 g/mol. The van der Waals surface area contributed by atoms with Gasteiger partial charge in [-0.2, -0.15) is 0 Å². The van der Waals surface area contributed by atoms with Gasteiger partial charge < -0.3 is 14.0 Å². The molecule has 7 nitrogen and oxygen atoms in total. The molecule has 0 aliphatic heterocycles. The lowest BCUT2D eigenvalue weighted by Crippen LogP contribution is -2.22. The molecule has 7 heteroatoms. The molecule has 0 atom stereocenters. The minimum atomic E-state index is -0.538. The summed E-state index contributed by atoms with van der Waals surface area (Å²) >= 11 is 0. The van der Waals surface area contributed by atoms with Crippen LogP contribution in [0.3, 0.4) is 0 Å². The molecule has 22 heavy (non-hydrogen) atoms. The molecular weight excluding hydrogens is 288 g/mol. The first-order valence-electron chi connectivity index (χ1n) is 6.80. The van der Waals surface area contributed by atoms with E-state index < -0.39 is 4.92 Å². The third-order valence-corrected chi connectivity index (χ3v) is 2.91. The van der Waals surface area contributed by atoms with Crippen molar-refractivity contribution >= 4 is 5.69 Å². The average Bonchev–Trinajstić information content (AvgIpc) is 2.51. The standard InChI is InChI=1S/C15H16N2O5/c1-2-21-13-4-6-14(7-5-13)22-10-9-16-11-12(17(19)20)3-8-15(16)18/h3-8,11H,2,9-10H2,1H3.